The average Bonchev–Trinajstić information content (AvgIpc) is 3.19. The third-order valence-corrected chi connectivity index (χ3v) is 3.72. The van der Waals surface area contributed by atoms with Crippen molar-refractivity contribution in [1.82, 2.24) is 5.32 Å². The van der Waals surface area contributed by atoms with Crippen LogP contribution in [-0.4, -0.2) is 12.5 Å². The van der Waals surface area contributed by atoms with E-state index >= 15 is 0 Å². The van der Waals surface area contributed by atoms with Crippen LogP contribution in [0, 0.1) is 5.92 Å². The largest absolute Gasteiger partial charge is 0.355 e. The maximum atomic E-state index is 11.8. The summed E-state index contributed by atoms with van der Waals surface area (Å²) in [6.07, 6.45) is 0.507. The molecule has 0 unspecified atom stereocenters. The fraction of sp³-hybridized carbons (Fsp3) is 0.267. The first kappa shape index (κ1) is 4.81. The molecule has 4 rings (SSSR count). The Labute approximate surface area is 109 Å². The molecule has 2 aromatic carbocycles. The zero-order valence-corrected chi connectivity index (χ0v) is 8.90. The maximum Gasteiger partial charge on any atom is 0.224 e. The van der Waals surface area contributed by atoms with E-state index in [1.165, 1.54) is 0 Å². The smallest absolute Gasteiger partial charge is 0.224 e. The molecule has 84 valence electrons. The Kier molecular flexibility index (Phi) is 0.817. The molecule has 2 aromatic rings. The van der Waals surface area contributed by atoms with E-state index in [0.717, 1.165) is 0 Å². The van der Waals surface area contributed by atoms with Crippen molar-refractivity contribution in [1.29, 1.82) is 0 Å². The molecule has 2 fully saturated rings. The minimum absolute atomic E-state index is 0.0450. The van der Waals surface area contributed by atoms with E-state index in [4.69, 9.17) is 9.60 Å². The van der Waals surface area contributed by atoms with E-state index < -0.39 is 23.5 Å². The lowest BCUT2D eigenvalue weighted by Crippen LogP contribution is -2.22. The lowest BCUT2D eigenvalue weighted by Gasteiger charge is -2.12. The Morgan fingerprint density at radius 1 is 1.24 bits per heavy atom. The van der Waals surface area contributed by atoms with E-state index in [0.29, 0.717) is 13.0 Å². The number of amides is 1. The standard InChI is InChI=1S/C15H13NO/c17-14-13-8-15(13,9-16-14)12-6-5-10-3-1-2-4-11(10)7-12/h1-7,13H,8-9H2,(H,16,17)/t13-,15+/m1/s1/i1D,2D,3D,4D,5D,6D,7D. The minimum Gasteiger partial charge on any atom is -0.355 e. The van der Waals surface area contributed by atoms with Crippen LogP contribution in [-0.2, 0) is 10.2 Å². The zero-order chi connectivity index (χ0) is 17.5. The van der Waals surface area contributed by atoms with Crippen LogP contribution < -0.4 is 5.32 Å². The van der Waals surface area contributed by atoms with Crippen LogP contribution in [0.15, 0.2) is 42.3 Å². The van der Waals surface area contributed by atoms with E-state index in [-0.39, 0.29) is 52.3 Å². The summed E-state index contributed by atoms with van der Waals surface area (Å²) in [7, 11) is 0. The molecule has 0 radical (unpaired) electrons. The Morgan fingerprint density at radius 2 is 2.06 bits per heavy atom. The summed E-state index contributed by atoms with van der Waals surface area (Å²) >= 11 is 0. The molecule has 2 aliphatic rings. The third-order valence-electron chi connectivity index (χ3n) is 3.72. The summed E-state index contributed by atoms with van der Waals surface area (Å²) < 4.78 is 56.6. The highest BCUT2D eigenvalue weighted by molar-refractivity contribution is 5.89. The van der Waals surface area contributed by atoms with E-state index in [1.54, 1.807) is 0 Å². The second-order valence-corrected chi connectivity index (χ2v) is 4.63. The highest BCUT2D eigenvalue weighted by atomic mass is 16.2. The zero-order valence-electron chi connectivity index (χ0n) is 15.9. The molecular formula is C15H13NO. The first-order valence-electron chi connectivity index (χ1n) is 9.00. The summed E-state index contributed by atoms with van der Waals surface area (Å²) in [4.78, 5) is 11.8. The molecule has 0 spiro atoms. The summed E-state index contributed by atoms with van der Waals surface area (Å²) in [5.41, 5.74) is -0.445. The summed E-state index contributed by atoms with van der Waals surface area (Å²) in [5.74, 6) is -0.450. The molecule has 0 bridgehead atoms. The Bertz CT molecular complexity index is 957. The molecule has 1 aliphatic heterocycles. The minimum atomic E-state index is -0.689. The highest BCUT2D eigenvalue weighted by Crippen LogP contribution is 2.57. The van der Waals surface area contributed by atoms with Gasteiger partial charge in [0.25, 0.3) is 0 Å². The van der Waals surface area contributed by atoms with Crippen LogP contribution in [0.3, 0.4) is 0 Å². The van der Waals surface area contributed by atoms with E-state index in [2.05, 4.69) is 5.32 Å². The summed E-state index contributed by atoms with van der Waals surface area (Å²) in [5, 5.41) is 2.56. The predicted octanol–water partition coefficient (Wildman–Crippen LogP) is 2.23. The third kappa shape index (κ3) is 1.13. The van der Waals surface area contributed by atoms with Gasteiger partial charge in [0.1, 0.15) is 0 Å². The second kappa shape index (κ2) is 2.89. The van der Waals surface area contributed by atoms with Crippen LogP contribution in [0.4, 0.5) is 0 Å². The van der Waals surface area contributed by atoms with Crippen molar-refractivity contribution in [3.8, 4) is 0 Å². The number of carbonyl (C=O) groups excluding carboxylic acids is 1. The van der Waals surface area contributed by atoms with Crippen molar-refractivity contribution in [2.45, 2.75) is 11.8 Å². The van der Waals surface area contributed by atoms with Crippen LogP contribution >= 0.6 is 0 Å². The average molecular weight is 230 g/mol. The fourth-order valence-electron chi connectivity index (χ4n) is 2.61. The number of hydrogen-bond acceptors (Lipinski definition) is 1. The van der Waals surface area contributed by atoms with E-state index in [9.17, 15) is 4.79 Å². The molecule has 1 aliphatic carbocycles. The normalized spacial score (nSPS) is 35.9. The molecule has 1 amide bonds. The van der Waals surface area contributed by atoms with Gasteiger partial charge >= 0.3 is 0 Å². The molecule has 2 atom stereocenters. The van der Waals surface area contributed by atoms with Crippen molar-refractivity contribution in [2.24, 2.45) is 5.92 Å². The molecule has 1 heterocycles. The first-order valence-corrected chi connectivity index (χ1v) is 5.50. The topological polar surface area (TPSA) is 29.1 Å². The van der Waals surface area contributed by atoms with Gasteiger partial charge in [-0.2, -0.15) is 0 Å². The van der Waals surface area contributed by atoms with Crippen molar-refractivity contribution < 1.29 is 14.4 Å². The molecular weight excluding hydrogens is 210 g/mol. The van der Waals surface area contributed by atoms with E-state index in [1.807, 2.05) is 0 Å². The van der Waals surface area contributed by atoms with Crippen LogP contribution in [0.2, 0.25) is 0 Å². The van der Waals surface area contributed by atoms with Gasteiger partial charge in [0.15, 0.2) is 0 Å². The van der Waals surface area contributed by atoms with Gasteiger partial charge in [0.2, 0.25) is 5.91 Å². The molecule has 1 N–H and O–H groups in total. The molecule has 0 aromatic heterocycles. The van der Waals surface area contributed by atoms with Gasteiger partial charge < -0.3 is 5.32 Å². The number of nitrogens with one attached hydrogen (secondary N) is 1. The van der Waals surface area contributed by atoms with Gasteiger partial charge in [0, 0.05) is 12.0 Å². The SMILES string of the molecule is [2H]c1c([2H])c([2H])c2c([2H])c([C@]34CNC(=O)[C@H]3C4)c([2H])c([2H])c2c1[2H]. The van der Waals surface area contributed by atoms with Crippen LogP contribution in [0.5, 0.6) is 0 Å². The van der Waals surface area contributed by atoms with Gasteiger partial charge in [0.05, 0.1) is 15.5 Å². The van der Waals surface area contributed by atoms with Gasteiger partial charge in [-0.15, -0.1) is 0 Å². The summed E-state index contributed by atoms with van der Waals surface area (Å²) in [6, 6.07) is -2.44. The number of fused-ring (bicyclic) bond motifs is 2. The monoisotopic (exact) mass is 230 g/mol. The Hall–Kier alpha value is -1.83. The number of hydrogen-bond donors (Lipinski definition) is 1. The van der Waals surface area contributed by atoms with Gasteiger partial charge in [-0.05, 0) is 22.8 Å². The second-order valence-electron chi connectivity index (χ2n) is 4.63. The Balaban J connectivity index is 2.14. The number of benzene rings is 2. The maximum absolute atomic E-state index is 11.8. The van der Waals surface area contributed by atoms with Crippen molar-refractivity contribution in [3.63, 3.8) is 0 Å². The van der Waals surface area contributed by atoms with Gasteiger partial charge in [-0.25, -0.2) is 0 Å². The van der Waals surface area contributed by atoms with Crippen molar-refractivity contribution in [3.05, 3.63) is 47.9 Å². The van der Waals surface area contributed by atoms with Gasteiger partial charge in [-0.3, -0.25) is 4.79 Å². The molecule has 1 saturated heterocycles. The van der Waals surface area contributed by atoms with Crippen LogP contribution in [0.25, 0.3) is 10.8 Å². The Morgan fingerprint density at radius 3 is 2.76 bits per heavy atom. The van der Waals surface area contributed by atoms with Gasteiger partial charge in [-0.1, -0.05) is 42.3 Å². The molecule has 2 nitrogen and oxygen atoms in total. The molecule has 1 saturated carbocycles. The fourth-order valence-corrected chi connectivity index (χ4v) is 2.61. The predicted molar refractivity (Wildman–Crippen MR) is 66.7 cm³/mol. The number of carbonyl (C=O) groups is 1. The summed E-state index contributed by atoms with van der Waals surface area (Å²) in [6.45, 7) is 0.296. The van der Waals surface area contributed by atoms with Crippen molar-refractivity contribution in [2.75, 3.05) is 6.54 Å². The quantitative estimate of drug-likeness (QED) is 0.799. The van der Waals surface area contributed by atoms with Crippen LogP contribution in [0.1, 0.15) is 21.6 Å². The lowest BCUT2D eigenvalue weighted by atomic mass is 9.93. The number of piperidine rings is 1. The highest BCUT2D eigenvalue weighted by Gasteiger charge is 2.63. The molecule has 2 heteroatoms. The number of rotatable bonds is 1. The first-order chi connectivity index (χ1) is 11.2. The lowest BCUT2D eigenvalue weighted by molar-refractivity contribution is -0.120. The van der Waals surface area contributed by atoms with Crippen molar-refractivity contribution >= 4 is 16.7 Å². The molecule has 17 heavy (non-hydrogen) atoms.